The monoisotopic (exact) mass is 126 g/mol. The summed E-state index contributed by atoms with van der Waals surface area (Å²) in [5.41, 5.74) is 1.33. The van der Waals surface area contributed by atoms with Crippen LogP contribution in [-0.2, 0) is 0 Å². The number of aliphatic hydroxyl groups is 1. The zero-order valence-electron chi connectivity index (χ0n) is 6.09. The van der Waals surface area contributed by atoms with Crippen LogP contribution in [0.3, 0.4) is 0 Å². The van der Waals surface area contributed by atoms with Crippen LogP contribution in [0.5, 0.6) is 0 Å². The molecule has 0 bridgehead atoms. The summed E-state index contributed by atoms with van der Waals surface area (Å²) in [4.78, 5) is 0. The van der Waals surface area contributed by atoms with Crippen LogP contribution in [0.2, 0.25) is 0 Å². The number of allylic oxidation sites excluding steroid dienone is 1. The van der Waals surface area contributed by atoms with Crippen molar-refractivity contribution in [1.29, 1.82) is 0 Å². The van der Waals surface area contributed by atoms with Crippen molar-refractivity contribution in [1.82, 2.24) is 0 Å². The minimum absolute atomic E-state index is 0.172. The van der Waals surface area contributed by atoms with E-state index in [4.69, 9.17) is 0 Å². The van der Waals surface area contributed by atoms with Crippen LogP contribution in [0.15, 0.2) is 11.6 Å². The third-order valence-electron chi connectivity index (χ3n) is 1.79. The second kappa shape index (κ2) is 2.53. The molecule has 0 aliphatic heterocycles. The van der Waals surface area contributed by atoms with Gasteiger partial charge >= 0.3 is 0 Å². The summed E-state index contributed by atoms with van der Waals surface area (Å²) in [5, 5.41) is 9.17. The lowest BCUT2D eigenvalue weighted by atomic mass is 9.90. The van der Waals surface area contributed by atoms with Gasteiger partial charge in [-0.05, 0) is 25.7 Å². The summed E-state index contributed by atoms with van der Waals surface area (Å²) in [6.07, 6.45) is 3.89. The third kappa shape index (κ3) is 1.83. The second-order valence-electron chi connectivity index (χ2n) is 3.13. The molecular formula is C8H14O. The van der Waals surface area contributed by atoms with Crippen molar-refractivity contribution >= 4 is 0 Å². The maximum Gasteiger partial charge on any atom is 0.0726 e. The van der Waals surface area contributed by atoms with E-state index in [1.807, 2.05) is 6.08 Å². The van der Waals surface area contributed by atoms with Crippen LogP contribution in [-0.4, -0.2) is 11.2 Å². The number of rotatable bonds is 0. The van der Waals surface area contributed by atoms with Crippen LogP contribution in [0.1, 0.15) is 26.7 Å². The molecule has 0 aromatic carbocycles. The molecule has 9 heavy (non-hydrogen) atoms. The molecular weight excluding hydrogens is 112 g/mol. The van der Waals surface area contributed by atoms with Crippen molar-refractivity contribution < 1.29 is 5.11 Å². The number of hydrogen-bond acceptors (Lipinski definition) is 1. The molecule has 0 aromatic heterocycles. The molecule has 0 fully saturated rings. The average molecular weight is 126 g/mol. The van der Waals surface area contributed by atoms with Crippen LogP contribution in [0.4, 0.5) is 0 Å². The largest absolute Gasteiger partial charge is 0.389 e. The highest BCUT2D eigenvalue weighted by Gasteiger charge is 2.13. The van der Waals surface area contributed by atoms with Gasteiger partial charge in [-0.1, -0.05) is 18.6 Å². The molecule has 1 heteroatoms. The summed E-state index contributed by atoms with van der Waals surface area (Å²) >= 11 is 0. The molecule has 2 atom stereocenters. The number of hydrogen-bond donors (Lipinski definition) is 1. The SMILES string of the molecule is CC1=C[C@H](O)C[C@@H](C)C1. The second-order valence-corrected chi connectivity index (χ2v) is 3.13. The molecule has 0 aromatic rings. The van der Waals surface area contributed by atoms with E-state index < -0.39 is 0 Å². The van der Waals surface area contributed by atoms with E-state index in [9.17, 15) is 5.11 Å². The van der Waals surface area contributed by atoms with E-state index in [-0.39, 0.29) is 6.10 Å². The number of aliphatic hydroxyl groups excluding tert-OH is 1. The molecule has 0 amide bonds. The van der Waals surface area contributed by atoms with Gasteiger partial charge in [-0.3, -0.25) is 0 Å². The first kappa shape index (κ1) is 6.81. The highest BCUT2D eigenvalue weighted by Crippen LogP contribution is 2.22. The third-order valence-corrected chi connectivity index (χ3v) is 1.79. The van der Waals surface area contributed by atoms with E-state index in [1.54, 1.807) is 0 Å². The first-order chi connectivity index (χ1) is 4.18. The first-order valence-corrected chi connectivity index (χ1v) is 3.54. The fraction of sp³-hybridized carbons (Fsp3) is 0.750. The molecule has 0 spiro atoms. The molecule has 1 nitrogen and oxygen atoms in total. The first-order valence-electron chi connectivity index (χ1n) is 3.54. The van der Waals surface area contributed by atoms with Gasteiger partial charge in [0.1, 0.15) is 0 Å². The summed E-state index contributed by atoms with van der Waals surface area (Å²) < 4.78 is 0. The summed E-state index contributed by atoms with van der Waals surface area (Å²) in [6, 6.07) is 0. The van der Waals surface area contributed by atoms with E-state index >= 15 is 0 Å². The Morgan fingerprint density at radius 2 is 2.33 bits per heavy atom. The summed E-state index contributed by atoms with van der Waals surface area (Å²) in [6.45, 7) is 4.26. The topological polar surface area (TPSA) is 20.2 Å². The highest BCUT2D eigenvalue weighted by molar-refractivity contribution is 5.06. The Labute approximate surface area is 56.4 Å². The van der Waals surface area contributed by atoms with Crippen LogP contribution in [0, 0.1) is 5.92 Å². The Kier molecular flexibility index (Phi) is 1.91. The van der Waals surface area contributed by atoms with Gasteiger partial charge in [0.15, 0.2) is 0 Å². The normalized spacial score (nSPS) is 36.1. The van der Waals surface area contributed by atoms with Gasteiger partial charge in [0, 0.05) is 0 Å². The van der Waals surface area contributed by atoms with Crippen LogP contribution >= 0.6 is 0 Å². The molecule has 1 aliphatic rings. The Morgan fingerprint density at radius 1 is 1.67 bits per heavy atom. The Morgan fingerprint density at radius 3 is 2.78 bits per heavy atom. The fourth-order valence-electron chi connectivity index (χ4n) is 1.51. The maximum atomic E-state index is 9.17. The highest BCUT2D eigenvalue weighted by atomic mass is 16.3. The zero-order chi connectivity index (χ0) is 6.85. The molecule has 52 valence electrons. The van der Waals surface area contributed by atoms with E-state index in [1.165, 1.54) is 5.57 Å². The molecule has 0 radical (unpaired) electrons. The fourth-order valence-corrected chi connectivity index (χ4v) is 1.51. The molecule has 0 unspecified atom stereocenters. The van der Waals surface area contributed by atoms with Gasteiger partial charge in [-0.15, -0.1) is 0 Å². The van der Waals surface area contributed by atoms with E-state index in [0.717, 1.165) is 12.8 Å². The summed E-state index contributed by atoms with van der Waals surface area (Å²) in [5.74, 6) is 0.671. The molecule has 1 aliphatic carbocycles. The lowest BCUT2D eigenvalue weighted by molar-refractivity contribution is 0.180. The van der Waals surface area contributed by atoms with E-state index in [2.05, 4.69) is 13.8 Å². The lowest BCUT2D eigenvalue weighted by Gasteiger charge is -2.20. The zero-order valence-corrected chi connectivity index (χ0v) is 6.09. The van der Waals surface area contributed by atoms with Gasteiger partial charge in [0.2, 0.25) is 0 Å². The van der Waals surface area contributed by atoms with Crippen LogP contribution < -0.4 is 0 Å². The Balaban J connectivity index is 2.56. The van der Waals surface area contributed by atoms with Gasteiger partial charge in [0.25, 0.3) is 0 Å². The molecule has 0 saturated heterocycles. The lowest BCUT2D eigenvalue weighted by Crippen LogP contribution is -2.14. The minimum Gasteiger partial charge on any atom is -0.389 e. The van der Waals surface area contributed by atoms with Crippen molar-refractivity contribution in [3.8, 4) is 0 Å². The van der Waals surface area contributed by atoms with Crippen molar-refractivity contribution in [3.63, 3.8) is 0 Å². The maximum absolute atomic E-state index is 9.17. The molecule has 1 N–H and O–H groups in total. The standard InChI is InChI=1S/C8H14O/c1-6-3-7(2)5-8(9)4-6/h4,7-9H,3,5H2,1-2H3/t7-,8-/m0/s1. The molecule has 0 heterocycles. The Bertz CT molecular complexity index is 127. The molecule has 0 saturated carbocycles. The van der Waals surface area contributed by atoms with E-state index in [0.29, 0.717) is 5.92 Å². The average Bonchev–Trinajstić information content (AvgIpc) is 1.59. The van der Waals surface area contributed by atoms with Gasteiger partial charge in [-0.25, -0.2) is 0 Å². The van der Waals surface area contributed by atoms with Crippen molar-refractivity contribution in [2.24, 2.45) is 5.92 Å². The van der Waals surface area contributed by atoms with Crippen LogP contribution in [0.25, 0.3) is 0 Å². The predicted molar refractivity (Wildman–Crippen MR) is 38.2 cm³/mol. The van der Waals surface area contributed by atoms with Crippen molar-refractivity contribution in [3.05, 3.63) is 11.6 Å². The minimum atomic E-state index is -0.172. The van der Waals surface area contributed by atoms with Crippen molar-refractivity contribution in [2.75, 3.05) is 0 Å². The Hall–Kier alpha value is -0.300. The van der Waals surface area contributed by atoms with Gasteiger partial charge in [-0.2, -0.15) is 0 Å². The quantitative estimate of drug-likeness (QED) is 0.490. The summed E-state index contributed by atoms with van der Waals surface area (Å²) in [7, 11) is 0. The smallest absolute Gasteiger partial charge is 0.0726 e. The van der Waals surface area contributed by atoms with Gasteiger partial charge < -0.3 is 5.11 Å². The molecule has 1 rings (SSSR count). The predicted octanol–water partition coefficient (Wildman–Crippen LogP) is 1.72. The van der Waals surface area contributed by atoms with Crippen molar-refractivity contribution in [2.45, 2.75) is 32.8 Å². The van der Waals surface area contributed by atoms with Gasteiger partial charge in [0.05, 0.1) is 6.10 Å².